The Kier molecular flexibility index (Phi) is 3.30. The van der Waals surface area contributed by atoms with Crippen molar-refractivity contribution in [2.24, 2.45) is 0 Å². The van der Waals surface area contributed by atoms with Gasteiger partial charge in [0, 0.05) is 13.3 Å². The quantitative estimate of drug-likeness (QED) is 0.603. The summed E-state index contributed by atoms with van der Waals surface area (Å²) in [5.74, 6) is -0.00763. The molecule has 1 aromatic rings. The van der Waals surface area contributed by atoms with Crippen LogP contribution in [0.5, 0.6) is 5.75 Å². The number of hydrogen-bond donors (Lipinski definition) is 0. The Balaban J connectivity index is 2.37. The number of nitrogens with zero attached hydrogens (tertiary/aromatic N) is 1. The fraction of sp³-hybridized carbons (Fsp3) is 0.643. The second kappa shape index (κ2) is 5.72. The number of aromatic nitrogens is 1. The van der Waals surface area contributed by atoms with Crippen LogP contribution in [0, 0.1) is 0 Å². The van der Waals surface area contributed by atoms with Crippen LogP contribution in [-0.2, 0) is 14.0 Å². The Bertz CT molecular complexity index is 582. The lowest BCUT2D eigenvalue weighted by Gasteiger charge is -2.32. The zero-order valence-electron chi connectivity index (χ0n) is 15.6. The molecular weight excluding hydrogens is 257 g/mol. The first kappa shape index (κ1) is 11.5. The lowest BCUT2D eigenvalue weighted by atomic mass is 9.84. The van der Waals surface area contributed by atoms with Gasteiger partial charge in [0.1, 0.15) is 12.4 Å². The topological polar surface area (TPSA) is 49.8 Å². The molecule has 0 aromatic carbocycles. The van der Waals surface area contributed by atoms with E-state index in [1.54, 1.807) is 0 Å². The van der Waals surface area contributed by atoms with Crippen molar-refractivity contribution in [3.05, 3.63) is 18.3 Å². The molecule has 5 nitrogen and oxygen atoms in total. The molecule has 0 spiro atoms. The minimum atomic E-state index is -0.873. The molecule has 0 bridgehead atoms. The highest BCUT2D eigenvalue weighted by atomic mass is 16.7. The van der Waals surface area contributed by atoms with Crippen LogP contribution >= 0.6 is 0 Å². The molecule has 1 aliphatic rings. The Morgan fingerprint density at radius 1 is 1.25 bits per heavy atom. The third kappa shape index (κ3) is 3.14. The first-order valence-corrected chi connectivity index (χ1v) is 6.56. The summed E-state index contributed by atoms with van der Waals surface area (Å²) in [6.45, 7) is 8.08. The molecule has 20 heavy (non-hydrogen) atoms. The van der Waals surface area contributed by atoms with Gasteiger partial charge in [0.25, 0.3) is 0 Å². The molecule has 0 unspecified atom stereocenters. The minimum absolute atomic E-state index is 0.00763. The Morgan fingerprint density at radius 3 is 2.50 bits per heavy atom. The van der Waals surface area contributed by atoms with Crippen LogP contribution in [0.2, 0.25) is 0 Å². The van der Waals surface area contributed by atoms with E-state index in [-0.39, 0.29) is 36.2 Å². The van der Waals surface area contributed by atoms with Gasteiger partial charge >= 0.3 is 7.12 Å². The molecule has 0 atom stereocenters. The van der Waals surface area contributed by atoms with Crippen LogP contribution in [0.15, 0.2) is 18.3 Å². The van der Waals surface area contributed by atoms with Gasteiger partial charge in [-0.3, -0.25) is 4.98 Å². The van der Waals surface area contributed by atoms with E-state index < -0.39 is 18.3 Å². The third-order valence-electron chi connectivity index (χ3n) is 3.60. The molecule has 2 rings (SSSR count). The fourth-order valence-electron chi connectivity index (χ4n) is 1.68. The number of rotatable bonds is 5. The van der Waals surface area contributed by atoms with Gasteiger partial charge in [-0.1, -0.05) is 0 Å². The lowest BCUT2D eigenvalue weighted by molar-refractivity contribution is 0.00578. The number of hydrogen-bond acceptors (Lipinski definition) is 5. The van der Waals surface area contributed by atoms with Crippen molar-refractivity contribution < 1.29 is 22.9 Å². The van der Waals surface area contributed by atoms with Gasteiger partial charge in [-0.2, -0.15) is 0 Å². The summed E-state index contributed by atoms with van der Waals surface area (Å²) >= 11 is 0. The van der Waals surface area contributed by atoms with Gasteiger partial charge in [0.2, 0.25) is 0 Å². The molecule has 1 aliphatic heterocycles. The van der Waals surface area contributed by atoms with Crippen LogP contribution < -0.4 is 10.3 Å². The monoisotopic (exact) mass is 282 g/mol. The highest BCUT2D eigenvalue weighted by Crippen LogP contribution is 2.36. The normalized spacial score (nSPS) is 22.2. The van der Waals surface area contributed by atoms with E-state index in [1.807, 2.05) is 27.7 Å². The standard InChI is InChI=1S/C14H22BNO4/c1-13(2)14(3,4)20-15(19-13)12-10-11(6-7-16-12)18-9-8-17-5/h6-7,10H,8-9H2,1-5H3/i6D,7D,10D. The second-order valence-electron chi connectivity index (χ2n) is 5.62. The summed E-state index contributed by atoms with van der Waals surface area (Å²) < 4.78 is 46.0. The fourth-order valence-corrected chi connectivity index (χ4v) is 1.68. The smallest absolute Gasteiger partial charge is 0.491 e. The van der Waals surface area contributed by atoms with Crippen LogP contribution in [-0.4, -0.2) is 43.6 Å². The number of pyridine rings is 1. The molecule has 6 heteroatoms. The van der Waals surface area contributed by atoms with Crippen molar-refractivity contribution in [2.75, 3.05) is 20.3 Å². The maximum Gasteiger partial charge on any atom is 0.514 e. The molecule has 1 saturated heterocycles. The average Bonchev–Trinajstić information content (AvgIpc) is 2.66. The summed E-state index contributed by atoms with van der Waals surface area (Å²) in [7, 11) is 0.659. The van der Waals surface area contributed by atoms with Crippen molar-refractivity contribution in [1.82, 2.24) is 4.98 Å². The maximum absolute atomic E-state index is 8.25. The van der Waals surface area contributed by atoms with E-state index in [2.05, 4.69) is 4.98 Å². The summed E-state index contributed by atoms with van der Waals surface area (Å²) in [4.78, 5) is 4.00. The van der Waals surface area contributed by atoms with E-state index in [4.69, 9.17) is 22.9 Å². The predicted octanol–water partition coefficient (Wildman–Crippen LogP) is 1.41. The predicted molar refractivity (Wildman–Crippen MR) is 77.3 cm³/mol. The van der Waals surface area contributed by atoms with Crippen molar-refractivity contribution in [3.63, 3.8) is 0 Å². The van der Waals surface area contributed by atoms with Gasteiger partial charge in [0.15, 0.2) is 0 Å². The number of methoxy groups -OCH3 is 1. The molecule has 1 fully saturated rings. The second-order valence-corrected chi connectivity index (χ2v) is 5.62. The third-order valence-corrected chi connectivity index (χ3v) is 3.60. The van der Waals surface area contributed by atoms with Crippen molar-refractivity contribution in [3.8, 4) is 5.75 Å². The van der Waals surface area contributed by atoms with Crippen LogP contribution in [0.25, 0.3) is 0 Å². The van der Waals surface area contributed by atoms with E-state index in [0.29, 0.717) is 6.61 Å². The van der Waals surface area contributed by atoms with Crippen LogP contribution in [0.1, 0.15) is 31.8 Å². The van der Waals surface area contributed by atoms with Crippen molar-refractivity contribution >= 4 is 12.7 Å². The first-order chi connectivity index (χ1) is 10.6. The average molecular weight is 282 g/mol. The van der Waals surface area contributed by atoms with Crippen LogP contribution in [0.3, 0.4) is 0 Å². The Labute approximate surface area is 124 Å². The zero-order chi connectivity index (χ0) is 17.4. The summed E-state index contributed by atoms with van der Waals surface area (Å²) in [6, 6.07) is -0.327. The molecule has 110 valence electrons. The minimum Gasteiger partial charge on any atom is -0.491 e. The van der Waals surface area contributed by atoms with Gasteiger partial charge < -0.3 is 18.8 Å². The molecule has 0 saturated carbocycles. The van der Waals surface area contributed by atoms with Crippen molar-refractivity contribution in [1.29, 1.82) is 0 Å². The zero-order valence-corrected chi connectivity index (χ0v) is 12.6. The molecule has 0 N–H and O–H groups in total. The summed E-state index contributed by atoms with van der Waals surface area (Å²) in [5, 5.41) is 0. The maximum atomic E-state index is 8.25. The largest absolute Gasteiger partial charge is 0.514 e. The van der Waals surface area contributed by atoms with E-state index >= 15 is 0 Å². The molecule has 2 heterocycles. The van der Waals surface area contributed by atoms with Crippen molar-refractivity contribution in [2.45, 2.75) is 38.9 Å². The summed E-state index contributed by atoms with van der Waals surface area (Å²) in [5.41, 5.74) is -1.01. The molecule has 0 radical (unpaired) electrons. The molecular formula is C14H22BNO4. The van der Waals surface area contributed by atoms with Crippen LogP contribution in [0.4, 0.5) is 0 Å². The van der Waals surface area contributed by atoms with E-state index in [9.17, 15) is 0 Å². The highest BCUT2D eigenvalue weighted by molar-refractivity contribution is 6.61. The summed E-state index contributed by atoms with van der Waals surface area (Å²) in [6.07, 6.45) is -0.280. The van der Waals surface area contributed by atoms with Gasteiger partial charge in [-0.05, 0) is 39.8 Å². The Morgan fingerprint density at radius 2 is 1.90 bits per heavy atom. The molecule has 1 aromatic heterocycles. The van der Waals surface area contributed by atoms with E-state index in [0.717, 1.165) is 0 Å². The first-order valence-electron chi connectivity index (χ1n) is 8.06. The molecule has 0 aliphatic carbocycles. The van der Waals surface area contributed by atoms with Gasteiger partial charge in [-0.15, -0.1) is 0 Å². The Hall–Kier alpha value is -1.11. The SMILES string of the molecule is [2H]c1nc(B2OC(C)(C)C(C)(C)O2)c([2H])c(OCCOC)c1[2H]. The van der Waals surface area contributed by atoms with Gasteiger partial charge in [0.05, 0.1) is 27.5 Å². The highest BCUT2D eigenvalue weighted by Gasteiger charge is 2.52. The van der Waals surface area contributed by atoms with E-state index in [1.165, 1.54) is 7.11 Å². The molecule has 0 amide bonds. The number of ether oxygens (including phenoxy) is 2. The van der Waals surface area contributed by atoms with Gasteiger partial charge in [-0.25, -0.2) is 0 Å². The lowest BCUT2D eigenvalue weighted by Crippen LogP contribution is -2.41.